The van der Waals surface area contributed by atoms with Crippen molar-refractivity contribution in [1.29, 1.82) is 5.26 Å². The van der Waals surface area contributed by atoms with Gasteiger partial charge in [-0.1, -0.05) is 18.9 Å². The molecule has 5 nitrogen and oxygen atoms in total. The Kier molecular flexibility index (Phi) is 6.64. The Morgan fingerprint density at radius 1 is 1.48 bits per heavy atom. The highest BCUT2D eigenvalue weighted by molar-refractivity contribution is 6.01. The van der Waals surface area contributed by atoms with Crippen molar-refractivity contribution in [2.45, 2.75) is 45.1 Å². The zero-order valence-corrected chi connectivity index (χ0v) is 14.5. The van der Waals surface area contributed by atoms with E-state index in [1.165, 1.54) is 6.08 Å². The number of rotatable bonds is 7. The SMILES string of the molecule is C=CCc1cc(/C=C(/C#N)C(=O)NC2CCCC2)cc(OCC)c1O. The summed E-state index contributed by atoms with van der Waals surface area (Å²) in [5.41, 5.74) is 1.32. The van der Waals surface area contributed by atoms with E-state index < -0.39 is 0 Å². The number of carbonyl (C=O) groups excluding carboxylic acids is 1. The standard InChI is InChI=1S/C20H24N2O3/c1-3-7-15-10-14(12-18(19(15)23)25-4-2)11-16(13-21)20(24)22-17-8-5-6-9-17/h3,10-12,17,23H,1,4-9H2,2H3,(H,22,24)/b16-11-. The van der Waals surface area contributed by atoms with Crippen LogP contribution in [0, 0.1) is 11.3 Å². The Hall–Kier alpha value is -2.74. The van der Waals surface area contributed by atoms with E-state index in [0.717, 1.165) is 25.7 Å². The lowest BCUT2D eigenvalue weighted by atomic mass is 10.0. The predicted molar refractivity (Wildman–Crippen MR) is 97.2 cm³/mol. The maximum atomic E-state index is 12.3. The zero-order valence-electron chi connectivity index (χ0n) is 14.5. The van der Waals surface area contributed by atoms with Crippen LogP contribution in [0.2, 0.25) is 0 Å². The van der Waals surface area contributed by atoms with Gasteiger partial charge in [0.2, 0.25) is 0 Å². The lowest BCUT2D eigenvalue weighted by Crippen LogP contribution is -2.33. The van der Waals surface area contributed by atoms with Crippen LogP contribution in [0.15, 0.2) is 30.4 Å². The summed E-state index contributed by atoms with van der Waals surface area (Å²) in [6.07, 6.45) is 7.80. The Labute approximate surface area is 148 Å². The summed E-state index contributed by atoms with van der Waals surface area (Å²) in [7, 11) is 0. The maximum absolute atomic E-state index is 12.3. The van der Waals surface area contributed by atoms with Crippen LogP contribution in [0.4, 0.5) is 0 Å². The molecule has 2 N–H and O–H groups in total. The smallest absolute Gasteiger partial charge is 0.262 e. The van der Waals surface area contributed by atoms with Gasteiger partial charge in [0.05, 0.1) is 6.61 Å². The second kappa shape index (κ2) is 8.93. The fourth-order valence-electron chi connectivity index (χ4n) is 3.00. The number of nitrogens with zero attached hydrogens (tertiary/aromatic N) is 1. The molecule has 0 bridgehead atoms. The highest BCUT2D eigenvalue weighted by Crippen LogP contribution is 2.33. The molecule has 0 spiro atoms. The number of aromatic hydroxyl groups is 1. The van der Waals surface area contributed by atoms with Gasteiger partial charge >= 0.3 is 0 Å². The molecule has 1 saturated carbocycles. The molecule has 1 aromatic rings. The number of ether oxygens (including phenoxy) is 1. The van der Waals surface area contributed by atoms with Crippen LogP contribution in [0.1, 0.15) is 43.7 Å². The van der Waals surface area contributed by atoms with E-state index in [9.17, 15) is 15.2 Å². The quantitative estimate of drug-likeness (QED) is 0.452. The zero-order chi connectivity index (χ0) is 18.2. The fourth-order valence-corrected chi connectivity index (χ4v) is 3.00. The van der Waals surface area contributed by atoms with Gasteiger partial charge in [-0.2, -0.15) is 5.26 Å². The lowest BCUT2D eigenvalue weighted by molar-refractivity contribution is -0.117. The van der Waals surface area contributed by atoms with E-state index in [1.807, 2.05) is 13.0 Å². The molecular formula is C20H24N2O3. The highest BCUT2D eigenvalue weighted by atomic mass is 16.5. The number of carbonyl (C=O) groups is 1. The summed E-state index contributed by atoms with van der Waals surface area (Å²) < 4.78 is 5.45. The van der Waals surface area contributed by atoms with Gasteiger partial charge in [-0.15, -0.1) is 6.58 Å². The number of phenolic OH excluding ortho intramolecular Hbond substituents is 1. The summed E-state index contributed by atoms with van der Waals surface area (Å²) in [6, 6.07) is 5.49. The minimum Gasteiger partial charge on any atom is -0.504 e. The Bertz CT molecular complexity index is 710. The number of nitrogens with one attached hydrogen (secondary N) is 1. The van der Waals surface area contributed by atoms with Crippen molar-refractivity contribution < 1.29 is 14.6 Å². The van der Waals surface area contributed by atoms with Crippen LogP contribution in [0.5, 0.6) is 11.5 Å². The third-order valence-electron chi connectivity index (χ3n) is 4.21. The molecule has 1 aromatic carbocycles. The second-order valence-corrected chi connectivity index (χ2v) is 6.08. The van der Waals surface area contributed by atoms with Crippen molar-refractivity contribution in [1.82, 2.24) is 5.32 Å². The van der Waals surface area contributed by atoms with Gasteiger partial charge in [0, 0.05) is 11.6 Å². The molecule has 0 saturated heterocycles. The molecule has 1 aliphatic rings. The predicted octanol–water partition coefficient (Wildman–Crippen LogP) is 3.49. The second-order valence-electron chi connectivity index (χ2n) is 6.08. The molecule has 0 atom stereocenters. The number of allylic oxidation sites excluding steroid dienone is 1. The molecule has 132 valence electrons. The van der Waals surface area contributed by atoms with E-state index in [2.05, 4.69) is 11.9 Å². The first-order valence-corrected chi connectivity index (χ1v) is 8.61. The van der Waals surface area contributed by atoms with Crippen molar-refractivity contribution in [2.24, 2.45) is 0 Å². The molecule has 1 fully saturated rings. The van der Waals surface area contributed by atoms with Gasteiger partial charge in [-0.05, 0) is 50.0 Å². The molecule has 2 rings (SSSR count). The topological polar surface area (TPSA) is 82.4 Å². The summed E-state index contributed by atoms with van der Waals surface area (Å²) in [6.45, 7) is 5.91. The molecular weight excluding hydrogens is 316 g/mol. The average molecular weight is 340 g/mol. The van der Waals surface area contributed by atoms with Crippen LogP contribution >= 0.6 is 0 Å². The van der Waals surface area contributed by atoms with Gasteiger partial charge in [-0.3, -0.25) is 4.79 Å². The minimum absolute atomic E-state index is 0.0459. The van der Waals surface area contributed by atoms with Gasteiger partial charge in [0.1, 0.15) is 11.6 Å². The van der Waals surface area contributed by atoms with Gasteiger partial charge in [0.15, 0.2) is 11.5 Å². The van der Waals surface area contributed by atoms with Crippen LogP contribution in [-0.2, 0) is 11.2 Å². The van der Waals surface area contributed by atoms with E-state index in [1.54, 1.807) is 18.2 Å². The molecule has 5 heteroatoms. The van der Waals surface area contributed by atoms with Crippen LogP contribution in [0.25, 0.3) is 6.08 Å². The number of amides is 1. The fraction of sp³-hybridized carbons (Fsp3) is 0.400. The van der Waals surface area contributed by atoms with Gasteiger partial charge in [0.25, 0.3) is 5.91 Å². The number of nitriles is 1. The van der Waals surface area contributed by atoms with Crippen LogP contribution in [-0.4, -0.2) is 23.7 Å². The molecule has 0 unspecified atom stereocenters. The molecule has 1 aliphatic carbocycles. The Morgan fingerprint density at radius 3 is 2.80 bits per heavy atom. The first-order chi connectivity index (χ1) is 12.1. The first-order valence-electron chi connectivity index (χ1n) is 8.61. The maximum Gasteiger partial charge on any atom is 0.262 e. The minimum atomic E-state index is -0.356. The van der Waals surface area contributed by atoms with Crippen molar-refractivity contribution in [3.05, 3.63) is 41.5 Å². The third-order valence-corrected chi connectivity index (χ3v) is 4.21. The summed E-state index contributed by atoms with van der Waals surface area (Å²) >= 11 is 0. The molecule has 0 radical (unpaired) electrons. The van der Waals surface area contributed by atoms with Crippen molar-refractivity contribution in [3.63, 3.8) is 0 Å². The lowest BCUT2D eigenvalue weighted by Gasteiger charge is -2.12. The largest absolute Gasteiger partial charge is 0.504 e. The summed E-state index contributed by atoms with van der Waals surface area (Å²) in [5, 5.41) is 22.5. The number of hydrogen-bond acceptors (Lipinski definition) is 4. The van der Waals surface area contributed by atoms with Crippen molar-refractivity contribution in [2.75, 3.05) is 6.61 Å². The molecule has 1 amide bonds. The van der Waals surface area contributed by atoms with E-state index in [4.69, 9.17) is 4.74 Å². The van der Waals surface area contributed by atoms with Crippen molar-refractivity contribution >= 4 is 12.0 Å². The monoisotopic (exact) mass is 340 g/mol. The Morgan fingerprint density at radius 2 is 2.20 bits per heavy atom. The Balaban J connectivity index is 2.30. The van der Waals surface area contributed by atoms with Crippen LogP contribution in [0.3, 0.4) is 0 Å². The third kappa shape index (κ3) is 4.87. The van der Waals surface area contributed by atoms with Gasteiger partial charge < -0.3 is 15.2 Å². The highest BCUT2D eigenvalue weighted by Gasteiger charge is 2.19. The number of benzene rings is 1. The van der Waals surface area contributed by atoms with Crippen LogP contribution < -0.4 is 10.1 Å². The number of hydrogen-bond donors (Lipinski definition) is 2. The normalized spacial score (nSPS) is 14.8. The molecule has 0 heterocycles. The molecule has 0 aromatic heterocycles. The number of phenols is 1. The summed E-state index contributed by atoms with van der Waals surface area (Å²) in [5.74, 6) is 0.0418. The molecule has 0 aliphatic heterocycles. The average Bonchev–Trinajstić information content (AvgIpc) is 3.09. The van der Waals surface area contributed by atoms with E-state index >= 15 is 0 Å². The first kappa shape index (κ1) is 18.6. The van der Waals surface area contributed by atoms with E-state index in [-0.39, 0.29) is 23.3 Å². The summed E-state index contributed by atoms with van der Waals surface area (Å²) in [4.78, 5) is 12.3. The van der Waals surface area contributed by atoms with Gasteiger partial charge in [-0.25, -0.2) is 0 Å². The van der Waals surface area contributed by atoms with E-state index in [0.29, 0.717) is 29.9 Å². The molecule has 25 heavy (non-hydrogen) atoms. The van der Waals surface area contributed by atoms with Crippen molar-refractivity contribution in [3.8, 4) is 17.6 Å².